The van der Waals surface area contributed by atoms with Gasteiger partial charge in [-0.05, 0) is 20.8 Å². The topological polar surface area (TPSA) is 83.4 Å². The molecule has 0 fully saturated rings. The molecule has 1 atom stereocenters. The molecular weight excluding hydrogens is 222 g/mol. The van der Waals surface area contributed by atoms with Gasteiger partial charge in [-0.25, -0.2) is 4.79 Å². The molecule has 0 aliphatic rings. The first kappa shape index (κ1) is 15.7. The number of nitrogens with zero attached hydrogens (tertiary/aromatic N) is 1. The first-order chi connectivity index (χ1) is 7.89. The van der Waals surface area contributed by atoms with E-state index in [-0.39, 0.29) is 6.54 Å². The molecule has 0 aromatic carbocycles. The van der Waals surface area contributed by atoms with Gasteiger partial charge in [0.1, 0.15) is 11.6 Å². The van der Waals surface area contributed by atoms with Crippen molar-refractivity contribution < 1.29 is 14.3 Å². The predicted molar refractivity (Wildman–Crippen MR) is 63.5 cm³/mol. The molecule has 98 valence electrons. The largest absolute Gasteiger partial charge is 0.444 e. The van der Waals surface area contributed by atoms with E-state index < -0.39 is 17.7 Å². The molecule has 0 heterocycles. The molecule has 0 radical (unpaired) electrons. The van der Waals surface area contributed by atoms with Crippen molar-refractivity contribution in [1.29, 1.82) is 5.26 Å². The van der Waals surface area contributed by atoms with E-state index in [9.17, 15) is 4.79 Å². The fourth-order valence-corrected chi connectivity index (χ4v) is 0.998. The SMILES string of the molecule is COCCNC(C#N)CNC(=O)OC(C)(C)C. The molecule has 0 spiro atoms. The second kappa shape index (κ2) is 7.87. The minimum Gasteiger partial charge on any atom is -0.444 e. The average Bonchev–Trinajstić information content (AvgIpc) is 2.20. The third-order valence-electron chi connectivity index (χ3n) is 1.70. The van der Waals surface area contributed by atoms with E-state index in [1.54, 1.807) is 27.9 Å². The Labute approximate surface area is 102 Å². The number of hydrogen-bond donors (Lipinski definition) is 2. The Balaban J connectivity index is 3.83. The summed E-state index contributed by atoms with van der Waals surface area (Å²) in [7, 11) is 1.59. The Morgan fingerprint density at radius 3 is 2.59 bits per heavy atom. The molecule has 0 saturated heterocycles. The van der Waals surface area contributed by atoms with E-state index in [0.29, 0.717) is 13.2 Å². The summed E-state index contributed by atoms with van der Waals surface area (Å²) >= 11 is 0. The molecule has 0 aliphatic heterocycles. The van der Waals surface area contributed by atoms with Crippen molar-refractivity contribution in [3.63, 3.8) is 0 Å². The van der Waals surface area contributed by atoms with Gasteiger partial charge in [-0.15, -0.1) is 0 Å². The standard InChI is InChI=1S/C11H21N3O3/c1-11(2,3)17-10(15)14-8-9(7-12)13-5-6-16-4/h9,13H,5-6,8H2,1-4H3,(H,14,15). The van der Waals surface area contributed by atoms with Crippen molar-refractivity contribution in [2.75, 3.05) is 26.8 Å². The van der Waals surface area contributed by atoms with E-state index in [0.717, 1.165) is 0 Å². The van der Waals surface area contributed by atoms with Crippen LogP contribution in [0.4, 0.5) is 4.79 Å². The highest BCUT2D eigenvalue weighted by Crippen LogP contribution is 2.06. The van der Waals surface area contributed by atoms with Gasteiger partial charge >= 0.3 is 6.09 Å². The second-order valence-electron chi connectivity index (χ2n) is 4.51. The number of methoxy groups -OCH3 is 1. The number of hydrogen-bond acceptors (Lipinski definition) is 5. The van der Waals surface area contributed by atoms with Gasteiger partial charge in [-0.3, -0.25) is 5.32 Å². The normalized spacial score (nSPS) is 12.6. The summed E-state index contributed by atoms with van der Waals surface area (Å²) in [5, 5.41) is 14.3. The fraction of sp³-hybridized carbons (Fsp3) is 0.818. The maximum absolute atomic E-state index is 11.3. The molecule has 6 nitrogen and oxygen atoms in total. The average molecular weight is 243 g/mol. The van der Waals surface area contributed by atoms with Crippen LogP contribution in [0.1, 0.15) is 20.8 Å². The zero-order valence-electron chi connectivity index (χ0n) is 10.9. The van der Waals surface area contributed by atoms with Crippen LogP contribution < -0.4 is 10.6 Å². The van der Waals surface area contributed by atoms with Crippen LogP contribution in [0.2, 0.25) is 0 Å². The van der Waals surface area contributed by atoms with Gasteiger partial charge in [0.25, 0.3) is 0 Å². The molecule has 1 amide bonds. The number of alkyl carbamates (subject to hydrolysis) is 1. The van der Waals surface area contributed by atoms with Crippen LogP contribution in [-0.4, -0.2) is 44.5 Å². The zero-order chi connectivity index (χ0) is 13.3. The van der Waals surface area contributed by atoms with Crippen molar-refractivity contribution in [3.8, 4) is 6.07 Å². The third-order valence-corrected chi connectivity index (χ3v) is 1.70. The lowest BCUT2D eigenvalue weighted by atomic mass is 10.2. The van der Waals surface area contributed by atoms with E-state index in [1.165, 1.54) is 0 Å². The summed E-state index contributed by atoms with van der Waals surface area (Å²) in [5.74, 6) is 0. The number of amides is 1. The molecule has 0 aliphatic carbocycles. The Hall–Kier alpha value is -1.32. The molecule has 1 unspecified atom stereocenters. The van der Waals surface area contributed by atoms with E-state index in [1.807, 2.05) is 6.07 Å². The summed E-state index contributed by atoms with van der Waals surface area (Å²) in [5.41, 5.74) is -0.532. The Bertz CT molecular complexity index is 268. The highest BCUT2D eigenvalue weighted by Gasteiger charge is 2.16. The monoisotopic (exact) mass is 243 g/mol. The van der Waals surface area contributed by atoms with Crippen LogP contribution in [0.3, 0.4) is 0 Å². The second-order valence-corrected chi connectivity index (χ2v) is 4.51. The maximum atomic E-state index is 11.3. The van der Waals surface area contributed by atoms with Gasteiger partial charge in [0.15, 0.2) is 0 Å². The quantitative estimate of drug-likeness (QED) is 0.669. The van der Waals surface area contributed by atoms with Crippen molar-refractivity contribution in [1.82, 2.24) is 10.6 Å². The first-order valence-corrected chi connectivity index (χ1v) is 5.48. The van der Waals surface area contributed by atoms with Crippen molar-refractivity contribution in [2.24, 2.45) is 0 Å². The molecule has 6 heteroatoms. The number of nitriles is 1. The van der Waals surface area contributed by atoms with Crippen LogP contribution in [0.5, 0.6) is 0 Å². The summed E-state index contributed by atoms with van der Waals surface area (Å²) < 4.78 is 9.89. The maximum Gasteiger partial charge on any atom is 0.407 e. The van der Waals surface area contributed by atoms with Gasteiger partial charge in [0.05, 0.1) is 12.7 Å². The van der Waals surface area contributed by atoms with Gasteiger partial charge < -0.3 is 14.8 Å². The highest BCUT2D eigenvalue weighted by atomic mass is 16.6. The summed E-state index contributed by atoms with van der Waals surface area (Å²) in [6, 6.07) is 1.60. The van der Waals surface area contributed by atoms with Crippen LogP contribution >= 0.6 is 0 Å². The first-order valence-electron chi connectivity index (χ1n) is 5.48. The zero-order valence-corrected chi connectivity index (χ0v) is 10.9. The molecule has 0 aromatic rings. The molecule has 0 rings (SSSR count). The summed E-state index contributed by atoms with van der Waals surface area (Å²) in [4.78, 5) is 11.3. The highest BCUT2D eigenvalue weighted by molar-refractivity contribution is 5.67. The summed E-state index contributed by atoms with van der Waals surface area (Å²) in [6.45, 7) is 6.63. The smallest absolute Gasteiger partial charge is 0.407 e. The van der Waals surface area contributed by atoms with Crippen LogP contribution in [0.25, 0.3) is 0 Å². The minimum absolute atomic E-state index is 0.203. The number of nitrogens with one attached hydrogen (secondary N) is 2. The third kappa shape index (κ3) is 9.60. The van der Waals surface area contributed by atoms with Crippen LogP contribution in [0.15, 0.2) is 0 Å². The van der Waals surface area contributed by atoms with Crippen molar-refractivity contribution >= 4 is 6.09 Å². The molecule has 0 saturated carbocycles. The number of carbonyl (C=O) groups is 1. The molecule has 17 heavy (non-hydrogen) atoms. The Morgan fingerprint density at radius 1 is 1.47 bits per heavy atom. The molecule has 0 aromatic heterocycles. The van der Waals surface area contributed by atoms with Crippen molar-refractivity contribution in [2.45, 2.75) is 32.4 Å². The lowest BCUT2D eigenvalue weighted by Crippen LogP contribution is -2.42. The van der Waals surface area contributed by atoms with E-state index >= 15 is 0 Å². The van der Waals surface area contributed by atoms with Gasteiger partial charge in [-0.2, -0.15) is 5.26 Å². The molecular formula is C11H21N3O3. The van der Waals surface area contributed by atoms with Gasteiger partial charge in [-0.1, -0.05) is 0 Å². The number of ether oxygens (including phenoxy) is 2. The number of rotatable bonds is 6. The number of carbonyl (C=O) groups excluding carboxylic acids is 1. The van der Waals surface area contributed by atoms with E-state index in [2.05, 4.69) is 10.6 Å². The predicted octanol–water partition coefficient (Wildman–Crippen LogP) is 0.639. The minimum atomic E-state index is -0.532. The lowest BCUT2D eigenvalue weighted by Gasteiger charge is -2.20. The lowest BCUT2D eigenvalue weighted by molar-refractivity contribution is 0.0525. The van der Waals surface area contributed by atoms with E-state index in [4.69, 9.17) is 14.7 Å². The Morgan fingerprint density at radius 2 is 2.12 bits per heavy atom. The van der Waals surface area contributed by atoms with Crippen LogP contribution in [0, 0.1) is 11.3 Å². The Kier molecular flexibility index (Phi) is 7.26. The van der Waals surface area contributed by atoms with Crippen molar-refractivity contribution in [3.05, 3.63) is 0 Å². The van der Waals surface area contributed by atoms with Gasteiger partial charge in [0.2, 0.25) is 0 Å². The molecule has 2 N–H and O–H groups in total. The molecule has 0 bridgehead atoms. The summed E-state index contributed by atoms with van der Waals surface area (Å²) in [6.07, 6.45) is -0.522. The fourth-order valence-electron chi connectivity index (χ4n) is 0.998. The van der Waals surface area contributed by atoms with Crippen LogP contribution in [-0.2, 0) is 9.47 Å². The van der Waals surface area contributed by atoms with Gasteiger partial charge in [0, 0.05) is 20.2 Å².